The van der Waals surface area contributed by atoms with Crippen molar-refractivity contribution >= 4 is 0 Å². The van der Waals surface area contributed by atoms with Crippen molar-refractivity contribution in [3.05, 3.63) is 29.8 Å². The first-order valence-corrected chi connectivity index (χ1v) is 5.72. The lowest BCUT2D eigenvalue weighted by molar-refractivity contribution is -0.0498. The molecule has 0 unspecified atom stereocenters. The number of rotatable bonds is 6. The lowest BCUT2D eigenvalue weighted by Crippen LogP contribution is -2.37. The third kappa shape index (κ3) is 5.13. The maximum absolute atomic E-state index is 11.9. The third-order valence-corrected chi connectivity index (χ3v) is 2.80. The molecule has 4 heteroatoms. The van der Waals surface area contributed by atoms with Crippen LogP contribution in [0.25, 0.3) is 0 Å². The SMILES string of the molecule is CCC(C)(C)NCc1ccc(OC(F)F)cc1. The van der Waals surface area contributed by atoms with Crippen LogP contribution in [0.15, 0.2) is 24.3 Å². The molecule has 0 aliphatic rings. The van der Waals surface area contributed by atoms with E-state index >= 15 is 0 Å². The van der Waals surface area contributed by atoms with E-state index in [2.05, 4.69) is 30.8 Å². The molecular weight excluding hydrogens is 224 g/mol. The van der Waals surface area contributed by atoms with Crippen LogP contribution in [0.3, 0.4) is 0 Å². The molecule has 1 rings (SSSR count). The summed E-state index contributed by atoms with van der Waals surface area (Å²) in [5, 5.41) is 3.40. The van der Waals surface area contributed by atoms with Crippen molar-refractivity contribution in [1.82, 2.24) is 5.32 Å². The van der Waals surface area contributed by atoms with Gasteiger partial charge >= 0.3 is 6.61 Å². The summed E-state index contributed by atoms with van der Waals surface area (Å²) in [4.78, 5) is 0. The van der Waals surface area contributed by atoms with Gasteiger partial charge in [0.05, 0.1) is 0 Å². The highest BCUT2D eigenvalue weighted by atomic mass is 19.3. The van der Waals surface area contributed by atoms with E-state index in [9.17, 15) is 8.78 Å². The van der Waals surface area contributed by atoms with Crippen LogP contribution in [0.5, 0.6) is 5.75 Å². The Kier molecular flexibility index (Phi) is 4.87. The summed E-state index contributed by atoms with van der Waals surface area (Å²) >= 11 is 0. The number of alkyl halides is 2. The molecule has 0 heterocycles. The Hall–Kier alpha value is -1.16. The molecule has 0 aliphatic carbocycles. The minimum absolute atomic E-state index is 0.0815. The summed E-state index contributed by atoms with van der Waals surface area (Å²) in [6.07, 6.45) is 1.03. The Balaban J connectivity index is 2.51. The number of hydrogen-bond donors (Lipinski definition) is 1. The molecule has 0 saturated carbocycles. The van der Waals surface area contributed by atoms with Crippen LogP contribution in [-0.2, 0) is 6.54 Å². The summed E-state index contributed by atoms with van der Waals surface area (Å²) < 4.78 is 28.2. The highest BCUT2D eigenvalue weighted by Crippen LogP contribution is 2.15. The molecule has 1 aromatic rings. The van der Waals surface area contributed by atoms with Crippen LogP contribution in [0.2, 0.25) is 0 Å². The van der Waals surface area contributed by atoms with Gasteiger partial charge in [0, 0.05) is 12.1 Å². The quantitative estimate of drug-likeness (QED) is 0.824. The zero-order valence-corrected chi connectivity index (χ0v) is 10.5. The zero-order valence-electron chi connectivity index (χ0n) is 10.5. The second-order valence-electron chi connectivity index (χ2n) is 4.61. The molecule has 17 heavy (non-hydrogen) atoms. The van der Waals surface area contributed by atoms with Gasteiger partial charge in [0.25, 0.3) is 0 Å². The van der Waals surface area contributed by atoms with Crippen molar-refractivity contribution in [3.63, 3.8) is 0 Å². The lowest BCUT2D eigenvalue weighted by Gasteiger charge is -2.24. The van der Waals surface area contributed by atoms with Crippen molar-refractivity contribution in [2.75, 3.05) is 0 Å². The molecule has 0 aromatic heterocycles. The minimum atomic E-state index is -2.77. The average Bonchev–Trinajstić information content (AvgIpc) is 2.28. The number of halogens is 2. The second-order valence-corrected chi connectivity index (χ2v) is 4.61. The van der Waals surface area contributed by atoms with E-state index in [1.165, 1.54) is 0 Å². The summed E-state index contributed by atoms with van der Waals surface area (Å²) in [5.41, 5.74) is 1.13. The van der Waals surface area contributed by atoms with E-state index in [4.69, 9.17) is 0 Å². The third-order valence-electron chi connectivity index (χ3n) is 2.80. The van der Waals surface area contributed by atoms with E-state index in [-0.39, 0.29) is 11.3 Å². The average molecular weight is 243 g/mol. The fourth-order valence-corrected chi connectivity index (χ4v) is 1.26. The fourth-order valence-electron chi connectivity index (χ4n) is 1.26. The van der Waals surface area contributed by atoms with Gasteiger partial charge in [-0.15, -0.1) is 0 Å². The Labute approximate surface area is 101 Å². The van der Waals surface area contributed by atoms with Crippen LogP contribution in [0, 0.1) is 0 Å². The molecule has 0 radical (unpaired) electrons. The molecule has 1 N–H and O–H groups in total. The van der Waals surface area contributed by atoms with Crippen molar-refractivity contribution in [3.8, 4) is 5.75 Å². The predicted molar refractivity (Wildman–Crippen MR) is 64.3 cm³/mol. The Morgan fingerprint density at radius 2 is 1.82 bits per heavy atom. The predicted octanol–water partition coefficient (Wildman–Crippen LogP) is 3.57. The molecule has 0 aliphatic heterocycles. The Bertz CT molecular complexity index is 336. The maximum atomic E-state index is 11.9. The van der Waals surface area contributed by atoms with Gasteiger partial charge in [-0.1, -0.05) is 19.1 Å². The van der Waals surface area contributed by atoms with Crippen molar-refractivity contribution in [1.29, 1.82) is 0 Å². The van der Waals surface area contributed by atoms with Crippen LogP contribution in [0.1, 0.15) is 32.8 Å². The zero-order chi connectivity index (χ0) is 12.9. The molecule has 0 amide bonds. The smallest absolute Gasteiger partial charge is 0.387 e. The topological polar surface area (TPSA) is 21.3 Å². The standard InChI is InChI=1S/C13H19F2NO/c1-4-13(2,3)16-9-10-5-7-11(8-6-10)17-12(14)15/h5-8,12,16H,4,9H2,1-3H3. The number of nitrogens with one attached hydrogen (secondary N) is 1. The first kappa shape index (κ1) is 13.9. The Morgan fingerprint density at radius 3 is 2.29 bits per heavy atom. The summed E-state index contributed by atoms with van der Waals surface area (Å²) in [6, 6.07) is 6.69. The first-order valence-electron chi connectivity index (χ1n) is 5.72. The molecule has 2 nitrogen and oxygen atoms in total. The van der Waals surface area contributed by atoms with Gasteiger partial charge in [-0.3, -0.25) is 0 Å². The monoisotopic (exact) mass is 243 g/mol. The number of benzene rings is 1. The van der Waals surface area contributed by atoms with Gasteiger partial charge in [0.15, 0.2) is 0 Å². The van der Waals surface area contributed by atoms with Crippen LogP contribution in [0.4, 0.5) is 8.78 Å². The molecule has 0 spiro atoms. The molecule has 0 bridgehead atoms. The van der Waals surface area contributed by atoms with Crippen molar-refractivity contribution < 1.29 is 13.5 Å². The maximum Gasteiger partial charge on any atom is 0.387 e. The molecule has 1 aromatic carbocycles. The van der Waals surface area contributed by atoms with E-state index in [1.807, 2.05) is 0 Å². The van der Waals surface area contributed by atoms with Gasteiger partial charge in [-0.2, -0.15) is 8.78 Å². The fraction of sp³-hybridized carbons (Fsp3) is 0.538. The van der Waals surface area contributed by atoms with E-state index in [1.54, 1.807) is 24.3 Å². The normalized spacial score (nSPS) is 11.9. The van der Waals surface area contributed by atoms with Gasteiger partial charge in [-0.25, -0.2) is 0 Å². The van der Waals surface area contributed by atoms with E-state index < -0.39 is 6.61 Å². The lowest BCUT2D eigenvalue weighted by atomic mass is 10.0. The molecule has 0 atom stereocenters. The highest BCUT2D eigenvalue weighted by molar-refractivity contribution is 5.27. The molecule has 96 valence electrons. The molecular formula is C13H19F2NO. The Morgan fingerprint density at radius 1 is 1.24 bits per heavy atom. The molecule has 0 saturated heterocycles. The second kappa shape index (κ2) is 5.96. The van der Waals surface area contributed by atoms with Gasteiger partial charge in [-0.05, 0) is 38.0 Å². The minimum Gasteiger partial charge on any atom is -0.435 e. The number of hydrogen-bond acceptors (Lipinski definition) is 2. The van der Waals surface area contributed by atoms with E-state index in [0.29, 0.717) is 0 Å². The van der Waals surface area contributed by atoms with Crippen LogP contribution >= 0.6 is 0 Å². The van der Waals surface area contributed by atoms with Gasteiger partial charge < -0.3 is 10.1 Å². The van der Waals surface area contributed by atoms with Gasteiger partial charge in [0.1, 0.15) is 5.75 Å². The highest BCUT2D eigenvalue weighted by Gasteiger charge is 2.13. The first-order chi connectivity index (χ1) is 7.93. The largest absolute Gasteiger partial charge is 0.435 e. The summed E-state index contributed by atoms with van der Waals surface area (Å²) in [7, 11) is 0. The van der Waals surface area contributed by atoms with Gasteiger partial charge in [0.2, 0.25) is 0 Å². The van der Waals surface area contributed by atoms with Crippen molar-refractivity contribution in [2.45, 2.75) is 45.9 Å². The number of ether oxygens (including phenoxy) is 1. The van der Waals surface area contributed by atoms with Crippen LogP contribution in [-0.4, -0.2) is 12.2 Å². The molecule has 0 fully saturated rings. The van der Waals surface area contributed by atoms with E-state index in [0.717, 1.165) is 18.5 Å². The van der Waals surface area contributed by atoms with Crippen molar-refractivity contribution in [2.24, 2.45) is 0 Å². The van der Waals surface area contributed by atoms with Crippen LogP contribution < -0.4 is 10.1 Å². The summed E-state index contributed by atoms with van der Waals surface area (Å²) in [6.45, 7) is 4.32. The summed E-state index contributed by atoms with van der Waals surface area (Å²) in [5.74, 6) is 0.193.